The minimum absolute atomic E-state index is 0.206. The van der Waals surface area contributed by atoms with Gasteiger partial charge in [-0.05, 0) is 49.1 Å². The lowest BCUT2D eigenvalue weighted by atomic mass is 10.00. The van der Waals surface area contributed by atoms with Crippen molar-refractivity contribution in [1.82, 2.24) is 14.4 Å². The molecule has 32 heavy (non-hydrogen) atoms. The normalized spacial score (nSPS) is 16.2. The average Bonchev–Trinajstić information content (AvgIpc) is 3.20. The summed E-state index contributed by atoms with van der Waals surface area (Å²) in [5.74, 6) is 0.658. The number of amides is 1. The molecule has 0 atom stereocenters. The Hall–Kier alpha value is -3.38. The van der Waals surface area contributed by atoms with Crippen LogP contribution in [-0.4, -0.2) is 52.9 Å². The van der Waals surface area contributed by atoms with Gasteiger partial charge in [0.2, 0.25) is 12.4 Å². The molecule has 2 heterocycles. The highest BCUT2D eigenvalue weighted by molar-refractivity contribution is 5.99. The van der Waals surface area contributed by atoms with Gasteiger partial charge >= 0.3 is 0 Å². The lowest BCUT2D eigenvalue weighted by Crippen LogP contribution is -2.48. The van der Waals surface area contributed by atoms with E-state index in [1.165, 1.54) is 10.9 Å². The molecule has 1 aliphatic heterocycles. The molecule has 1 aliphatic rings. The zero-order valence-electron chi connectivity index (χ0n) is 19.0. The SMILES string of the molecule is C/C(=C(\N=C(/N(C)C=O)N1CCC(N)CC1)c1ccccc1)c1ccc2c(ccn2C)c1. The number of nitrogens with two attached hydrogens (primary N) is 1. The molecule has 0 unspecified atom stereocenters. The first-order valence-electron chi connectivity index (χ1n) is 11.1. The quantitative estimate of drug-likeness (QED) is 0.296. The van der Waals surface area contributed by atoms with E-state index in [4.69, 9.17) is 10.7 Å². The van der Waals surface area contributed by atoms with Crippen molar-refractivity contribution in [3.05, 3.63) is 71.9 Å². The number of rotatable bonds is 4. The first-order valence-corrected chi connectivity index (χ1v) is 11.1. The number of aromatic nitrogens is 1. The molecule has 1 amide bonds. The minimum atomic E-state index is 0.206. The number of allylic oxidation sites excluding steroid dienone is 1. The van der Waals surface area contributed by atoms with Crippen molar-refractivity contribution in [3.8, 4) is 0 Å². The first kappa shape index (κ1) is 21.8. The van der Waals surface area contributed by atoms with E-state index < -0.39 is 0 Å². The fourth-order valence-corrected chi connectivity index (χ4v) is 4.23. The summed E-state index contributed by atoms with van der Waals surface area (Å²) in [5, 5.41) is 1.19. The second-order valence-electron chi connectivity index (χ2n) is 8.49. The predicted molar refractivity (Wildman–Crippen MR) is 132 cm³/mol. The largest absolute Gasteiger partial charge is 0.351 e. The Balaban J connectivity index is 1.85. The van der Waals surface area contributed by atoms with Crippen molar-refractivity contribution >= 4 is 34.5 Å². The van der Waals surface area contributed by atoms with Crippen LogP contribution in [0.2, 0.25) is 0 Å². The Morgan fingerprint density at radius 1 is 1.09 bits per heavy atom. The summed E-state index contributed by atoms with van der Waals surface area (Å²) in [4.78, 5) is 20.6. The van der Waals surface area contributed by atoms with Crippen LogP contribution in [0.3, 0.4) is 0 Å². The van der Waals surface area contributed by atoms with E-state index in [1.807, 2.05) is 18.2 Å². The maximum atomic E-state index is 11.7. The Bertz CT molecular complexity index is 1150. The summed E-state index contributed by atoms with van der Waals surface area (Å²) >= 11 is 0. The number of hydrogen-bond acceptors (Lipinski definition) is 3. The van der Waals surface area contributed by atoms with Gasteiger partial charge in [-0.15, -0.1) is 0 Å². The smallest absolute Gasteiger partial charge is 0.216 e. The Morgan fingerprint density at radius 2 is 1.81 bits per heavy atom. The molecule has 0 bridgehead atoms. The number of fused-ring (bicyclic) bond motifs is 1. The minimum Gasteiger partial charge on any atom is -0.351 e. The second kappa shape index (κ2) is 9.40. The van der Waals surface area contributed by atoms with Crippen LogP contribution in [0.5, 0.6) is 0 Å². The number of likely N-dealkylation sites (tertiary alicyclic amines) is 1. The third kappa shape index (κ3) is 4.46. The predicted octanol–water partition coefficient (Wildman–Crippen LogP) is 3.93. The van der Waals surface area contributed by atoms with Gasteiger partial charge in [0.15, 0.2) is 0 Å². The summed E-state index contributed by atoms with van der Waals surface area (Å²) in [6, 6.07) is 19.0. The molecule has 0 radical (unpaired) electrons. The highest BCUT2D eigenvalue weighted by atomic mass is 16.1. The lowest BCUT2D eigenvalue weighted by Gasteiger charge is -2.34. The van der Waals surface area contributed by atoms with Crippen LogP contribution >= 0.6 is 0 Å². The molecule has 1 aromatic heterocycles. The molecule has 2 aromatic carbocycles. The molecule has 166 valence electrons. The van der Waals surface area contributed by atoms with E-state index in [0.717, 1.165) is 54.7 Å². The van der Waals surface area contributed by atoms with Gasteiger partial charge in [-0.1, -0.05) is 36.4 Å². The van der Waals surface area contributed by atoms with E-state index in [0.29, 0.717) is 5.96 Å². The van der Waals surface area contributed by atoms with Crippen LogP contribution in [0.25, 0.3) is 22.2 Å². The van der Waals surface area contributed by atoms with Crippen LogP contribution in [-0.2, 0) is 11.8 Å². The lowest BCUT2D eigenvalue weighted by molar-refractivity contribution is -0.114. The summed E-state index contributed by atoms with van der Waals surface area (Å²) in [6.07, 6.45) is 4.67. The molecule has 1 fully saturated rings. The maximum absolute atomic E-state index is 11.7. The first-order chi connectivity index (χ1) is 15.5. The number of guanidine groups is 1. The summed E-state index contributed by atoms with van der Waals surface area (Å²) in [7, 11) is 3.81. The van der Waals surface area contributed by atoms with Gasteiger partial charge in [0, 0.05) is 55.9 Å². The Kier molecular flexibility index (Phi) is 6.42. The van der Waals surface area contributed by atoms with Gasteiger partial charge in [0.25, 0.3) is 0 Å². The fraction of sp³-hybridized carbons (Fsp3) is 0.308. The monoisotopic (exact) mass is 429 g/mol. The van der Waals surface area contributed by atoms with Crippen LogP contribution < -0.4 is 5.73 Å². The molecular weight excluding hydrogens is 398 g/mol. The fourth-order valence-electron chi connectivity index (χ4n) is 4.23. The second-order valence-corrected chi connectivity index (χ2v) is 8.49. The van der Waals surface area contributed by atoms with Crippen molar-refractivity contribution in [2.45, 2.75) is 25.8 Å². The molecule has 6 heteroatoms. The standard InChI is InChI=1S/C26H31N5O/c1-19(21-9-10-24-22(17-21)11-14-29(24)2)25(20-7-5-4-6-8-20)28-26(30(3)18-32)31-15-12-23(27)13-16-31/h4-11,14,17-18,23H,12-13,15-16,27H2,1-3H3/b25-19+,28-26+. The van der Waals surface area contributed by atoms with E-state index in [2.05, 4.69) is 66.0 Å². The highest BCUT2D eigenvalue weighted by Gasteiger charge is 2.23. The molecule has 6 nitrogen and oxygen atoms in total. The van der Waals surface area contributed by atoms with Gasteiger partial charge in [-0.25, -0.2) is 4.99 Å². The summed E-state index contributed by atoms with van der Waals surface area (Å²) in [6.45, 7) is 3.67. The Labute approximate surface area is 189 Å². The van der Waals surface area contributed by atoms with Gasteiger partial charge < -0.3 is 15.2 Å². The molecule has 0 saturated carbocycles. The van der Waals surface area contributed by atoms with E-state index in [1.54, 1.807) is 11.9 Å². The number of hydrogen-bond donors (Lipinski definition) is 1. The van der Waals surface area contributed by atoms with E-state index in [9.17, 15) is 4.79 Å². The molecule has 1 saturated heterocycles. The summed E-state index contributed by atoms with van der Waals surface area (Å²) < 4.78 is 2.12. The number of aliphatic imine (C=N–C) groups is 1. The summed E-state index contributed by atoms with van der Waals surface area (Å²) in [5.41, 5.74) is 11.4. The number of piperidine rings is 1. The molecule has 0 aliphatic carbocycles. The van der Waals surface area contributed by atoms with Crippen LogP contribution in [0, 0.1) is 0 Å². The van der Waals surface area contributed by atoms with E-state index in [-0.39, 0.29) is 6.04 Å². The van der Waals surface area contributed by atoms with E-state index >= 15 is 0 Å². The third-order valence-electron chi connectivity index (χ3n) is 6.23. The number of benzene rings is 2. The topological polar surface area (TPSA) is 66.9 Å². The van der Waals surface area contributed by atoms with Crippen molar-refractivity contribution in [2.75, 3.05) is 20.1 Å². The van der Waals surface area contributed by atoms with Crippen LogP contribution in [0.4, 0.5) is 0 Å². The van der Waals surface area contributed by atoms with Crippen LogP contribution in [0.1, 0.15) is 30.9 Å². The number of carbonyl (C=O) groups is 1. The molecule has 4 rings (SSSR count). The number of nitrogens with zero attached hydrogens (tertiary/aromatic N) is 4. The molecule has 2 N–H and O–H groups in total. The van der Waals surface area contributed by atoms with Crippen LogP contribution in [0.15, 0.2) is 65.8 Å². The number of carbonyl (C=O) groups excluding carboxylic acids is 1. The van der Waals surface area contributed by atoms with Gasteiger partial charge in [-0.3, -0.25) is 9.69 Å². The van der Waals surface area contributed by atoms with Gasteiger partial charge in [0.1, 0.15) is 0 Å². The Morgan fingerprint density at radius 3 is 2.50 bits per heavy atom. The van der Waals surface area contributed by atoms with Crippen molar-refractivity contribution in [3.63, 3.8) is 0 Å². The van der Waals surface area contributed by atoms with Gasteiger partial charge in [-0.2, -0.15) is 0 Å². The maximum Gasteiger partial charge on any atom is 0.216 e. The molecule has 0 spiro atoms. The van der Waals surface area contributed by atoms with Crippen molar-refractivity contribution in [2.24, 2.45) is 17.8 Å². The average molecular weight is 430 g/mol. The number of aryl methyl sites for hydroxylation is 1. The van der Waals surface area contributed by atoms with Gasteiger partial charge in [0.05, 0.1) is 5.70 Å². The van der Waals surface area contributed by atoms with Crippen molar-refractivity contribution in [1.29, 1.82) is 0 Å². The van der Waals surface area contributed by atoms with Crippen molar-refractivity contribution < 1.29 is 4.79 Å². The zero-order valence-corrected chi connectivity index (χ0v) is 19.0. The molecule has 3 aromatic rings. The zero-order chi connectivity index (χ0) is 22.7. The highest BCUT2D eigenvalue weighted by Crippen LogP contribution is 2.30. The third-order valence-corrected chi connectivity index (χ3v) is 6.23. The molecular formula is C26H31N5O.